The minimum absolute atomic E-state index is 0.130. The van der Waals surface area contributed by atoms with Crippen molar-refractivity contribution in [1.82, 2.24) is 14.9 Å². The Morgan fingerprint density at radius 1 is 1.30 bits per heavy atom. The third-order valence-corrected chi connectivity index (χ3v) is 4.50. The standard InChI is InChI=1S/C17H21ClN4O/c1-12-11-19-16(20-12)13(2)17(23)22-8-6-21(7-9-22)15-5-3-4-14(18)10-15/h3-5,10-11,13H,6-9H2,1-2H3,(H,19,20). The SMILES string of the molecule is Cc1cnc(C(C)C(=O)N2CCN(c3cccc(Cl)c3)CC2)[nH]1. The Bertz CT molecular complexity index is 691. The number of imidazole rings is 1. The van der Waals surface area contributed by atoms with Gasteiger partial charge in [0.1, 0.15) is 5.82 Å². The fraction of sp³-hybridized carbons (Fsp3) is 0.412. The van der Waals surface area contributed by atoms with Crippen molar-refractivity contribution in [1.29, 1.82) is 0 Å². The molecule has 0 radical (unpaired) electrons. The monoisotopic (exact) mass is 332 g/mol. The fourth-order valence-corrected chi connectivity index (χ4v) is 3.09. The molecule has 5 nitrogen and oxygen atoms in total. The minimum Gasteiger partial charge on any atom is -0.368 e. The van der Waals surface area contributed by atoms with E-state index in [1.165, 1.54) is 0 Å². The highest BCUT2D eigenvalue weighted by Crippen LogP contribution is 2.22. The zero-order chi connectivity index (χ0) is 16.4. The van der Waals surface area contributed by atoms with Gasteiger partial charge in [-0.3, -0.25) is 4.79 Å². The van der Waals surface area contributed by atoms with E-state index in [-0.39, 0.29) is 11.8 Å². The number of hydrogen-bond donors (Lipinski definition) is 1. The highest BCUT2D eigenvalue weighted by Gasteiger charge is 2.27. The van der Waals surface area contributed by atoms with Gasteiger partial charge in [0.05, 0.1) is 5.92 Å². The van der Waals surface area contributed by atoms with Crippen LogP contribution in [0.15, 0.2) is 30.5 Å². The highest BCUT2D eigenvalue weighted by atomic mass is 35.5. The summed E-state index contributed by atoms with van der Waals surface area (Å²) in [5.74, 6) is 0.635. The summed E-state index contributed by atoms with van der Waals surface area (Å²) in [6.07, 6.45) is 1.76. The quantitative estimate of drug-likeness (QED) is 0.940. The number of rotatable bonds is 3. The summed E-state index contributed by atoms with van der Waals surface area (Å²) >= 11 is 6.05. The molecule has 1 unspecified atom stereocenters. The molecule has 1 aliphatic heterocycles. The van der Waals surface area contributed by atoms with Crippen LogP contribution in [0.25, 0.3) is 0 Å². The molecule has 1 saturated heterocycles. The molecule has 0 aliphatic carbocycles. The Hall–Kier alpha value is -2.01. The Morgan fingerprint density at radius 3 is 2.65 bits per heavy atom. The van der Waals surface area contributed by atoms with Crippen LogP contribution >= 0.6 is 11.6 Å². The van der Waals surface area contributed by atoms with Gasteiger partial charge in [-0.25, -0.2) is 4.98 Å². The second kappa shape index (κ2) is 6.62. The van der Waals surface area contributed by atoms with E-state index in [2.05, 4.69) is 20.9 Å². The van der Waals surface area contributed by atoms with Crippen molar-refractivity contribution in [2.24, 2.45) is 0 Å². The van der Waals surface area contributed by atoms with Crippen molar-refractivity contribution in [2.75, 3.05) is 31.1 Å². The number of aromatic nitrogens is 2. The Morgan fingerprint density at radius 2 is 2.04 bits per heavy atom. The first kappa shape index (κ1) is 15.9. The zero-order valence-corrected chi connectivity index (χ0v) is 14.2. The van der Waals surface area contributed by atoms with Gasteiger partial charge >= 0.3 is 0 Å². The van der Waals surface area contributed by atoms with E-state index in [9.17, 15) is 4.79 Å². The predicted molar refractivity (Wildman–Crippen MR) is 92.0 cm³/mol. The zero-order valence-electron chi connectivity index (χ0n) is 13.4. The maximum Gasteiger partial charge on any atom is 0.233 e. The number of carbonyl (C=O) groups is 1. The number of carbonyl (C=O) groups excluding carboxylic acids is 1. The average molecular weight is 333 g/mol. The minimum atomic E-state index is -0.235. The number of aryl methyl sites for hydroxylation is 1. The topological polar surface area (TPSA) is 52.2 Å². The molecular weight excluding hydrogens is 312 g/mol. The molecule has 3 rings (SSSR count). The number of nitrogens with one attached hydrogen (secondary N) is 1. The molecule has 1 aromatic carbocycles. The molecule has 2 aromatic rings. The van der Waals surface area contributed by atoms with Gasteiger partial charge in [0.15, 0.2) is 0 Å². The molecule has 2 heterocycles. The molecule has 1 aliphatic rings. The summed E-state index contributed by atoms with van der Waals surface area (Å²) in [6, 6.07) is 7.85. The van der Waals surface area contributed by atoms with E-state index in [0.29, 0.717) is 0 Å². The number of amides is 1. The summed E-state index contributed by atoms with van der Waals surface area (Å²) in [4.78, 5) is 24.2. The lowest BCUT2D eigenvalue weighted by atomic mass is 10.1. The van der Waals surface area contributed by atoms with Crippen molar-refractivity contribution in [3.05, 3.63) is 47.0 Å². The molecule has 0 bridgehead atoms. The maximum absolute atomic E-state index is 12.6. The van der Waals surface area contributed by atoms with Crippen molar-refractivity contribution >= 4 is 23.2 Å². The highest BCUT2D eigenvalue weighted by molar-refractivity contribution is 6.30. The predicted octanol–water partition coefficient (Wildman–Crippen LogP) is 2.82. The molecule has 0 saturated carbocycles. The maximum atomic E-state index is 12.6. The molecule has 122 valence electrons. The van der Waals surface area contributed by atoms with Gasteiger partial charge in [-0.1, -0.05) is 17.7 Å². The van der Waals surface area contributed by atoms with Crippen LogP contribution in [-0.4, -0.2) is 47.0 Å². The summed E-state index contributed by atoms with van der Waals surface area (Å²) in [5.41, 5.74) is 2.09. The lowest BCUT2D eigenvalue weighted by molar-refractivity contribution is -0.132. The van der Waals surface area contributed by atoms with E-state index in [4.69, 9.17) is 11.6 Å². The average Bonchev–Trinajstić information content (AvgIpc) is 3.00. The molecule has 1 atom stereocenters. The largest absolute Gasteiger partial charge is 0.368 e. The van der Waals surface area contributed by atoms with E-state index in [1.807, 2.05) is 36.9 Å². The van der Waals surface area contributed by atoms with E-state index < -0.39 is 0 Å². The second-order valence-corrected chi connectivity index (χ2v) is 6.40. The third kappa shape index (κ3) is 3.50. The second-order valence-electron chi connectivity index (χ2n) is 5.97. The van der Waals surface area contributed by atoms with Gasteiger partial charge in [0.2, 0.25) is 5.91 Å². The van der Waals surface area contributed by atoms with Crippen LogP contribution in [-0.2, 0) is 4.79 Å². The number of aromatic amines is 1. The normalized spacial score (nSPS) is 16.5. The lowest BCUT2D eigenvalue weighted by Crippen LogP contribution is -2.49. The van der Waals surface area contributed by atoms with Crippen LogP contribution < -0.4 is 4.90 Å². The first-order valence-electron chi connectivity index (χ1n) is 7.85. The first-order valence-corrected chi connectivity index (χ1v) is 8.23. The molecular formula is C17H21ClN4O. The molecule has 1 fully saturated rings. The van der Waals surface area contributed by atoms with Crippen LogP contribution in [0.3, 0.4) is 0 Å². The molecule has 6 heteroatoms. The number of halogens is 1. The Balaban J connectivity index is 1.61. The van der Waals surface area contributed by atoms with Gasteiger partial charge in [-0.2, -0.15) is 0 Å². The summed E-state index contributed by atoms with van der Waals surface area (Å²) in [5, 5.41) is 0.739. The Labute approximate surface area is 141 Å². The third-order valence-electron chi connectivity index (χ3n) is 4.27. The number of nitrogens with zero attached hydrogens (tertiary/aromatic N) is 3. The van der Waals surface area contributed by atoms with E-state index in [1.54, 1.807) is 6.20 Å². The molecule has 1 amide bonds. The molecule has 1 aromatic heterocycles. The van der Waals surface area contributed by atoms with Crippen LogP contribution in [0.1, 0.15) is 24.4 Å². The van der Waals surface area contributed by atoms with Crippen molar-refractivity contribution < 1.29 is 4.79 Å². The number of anilines is 1. The van der Waals surface area contributed by atoms with Crippen LogP contribution in [0, 0.1) is 6.92 Å². The smallest absolute Gasteiger partial charge is 0.233 e. The van der Waals surface area contributed by atoms with E-state index in [0.717, 1.165) is 48.4 Å². The Kier molecular flexibility index (Phi) is 4.57. The summed E-state index contributed by atoms with van der Waals surface area (Å²) in [7, 11) is 0. The summed E-state index contributed by atoms with van der Waals surface area (Å²) < 4.78 is 0. The first-order chi connectivity index (χ1) is 11.0. The van der Waals surface area contributed by atoms with Gasteiger partial charge in [-0.15, -0.1) is 0 Å². The number of H-pyrrole nitrogens is 1. The van der Waals surface area contributed by atoms with Crippen LogP contribution in [0.5, 0.6) is 0 Å². The number of benzene rings is 1. The van der Waals surface area contributed by atoms with Gasteiger partial charge in [-0.05, 0) is 32.0 Å². The van der Waals surface area contributed by atoms with Gasteiger partial charge in [0.25, 0.3) is 0 Å². The number of hydrogen-bond acceptors (Lipinski definition) is 3. The van der Waals surface area contributed by atoms with E-state index >= 15 is 0 Å². The van der Waals surface area contributed by atoms with Crippen molar-refractivity contribution in [3.8, 4) is 0 Å². The van der Waals surface area contributed by atoms with Gasteiger partial charge in [0, 0.05) is 48.8 Å². The van der Waals surface area contributed by atoms with Crippen molar-refractivity contribution in [2.45, 2.75) is 19.8 Å². The molecule has 0 spiro atoms. The summed E-state index contributed by atoms with van der Waals surface area (Å²) in [6.45, 7) is 6.91. The van der Waals surface area contributed by atoms with Crippen LogP contribution in [0.4, 0.5) is 5.69 Å². The van der Waals surface area contributed by atoms with Crippen LogP contribution in [0.2, 0.25) is 5.02 Å². The fourth-order valence-electron chi connectivity index (χ4n) is 2.90. The molecule has 23 heavy (non-hydrogen) atoms. The lowest BCUT2D eigenvalue weighted by Gasteiger charge is -2.37. The molecule has 1 N–H and O–H groups in total. The van der Waals surface area contributed by atoms with Crippen molar-refractivity contribution in [3.63, 3.8) is 0 Å². The van der Waals surface area contributed by atoms with Gasteiger partial charge < -0.3 is 14.8 Å². The number of piperazine rings is 1.